The fourth-order valence-corrected chi connectivity index (χ4v) is 2.24. The van der Waals surface area contributed by atoms with Gasteiger partial charge in [-0.2, -0.15) is 0 Å². The van der Waals surface area contributed by atoms with E-state index in [0.29, 0.717) is 12.3 Å². The van der Waals surface area contributed by atoms with E-state index >= 15 is 0 Å². The number of hydrogen-bond acceptors (Lipinski definition) is 2. The molecule has 0 aliphatic heterocycles. The Morgan fingerprint density at radius 2 is 1.83 bits per heavy atom. The van der Waals surface area contributed by atoms with Crippen LogP contribution in [0.4, 0.5) is 0 Å². The van der Waals surface area contributed by atoms with Crippen molar-refractivity contribution in [2.45, 2.75) is 52.1 Å². The summed E-state index contributed by atoms with van der Waals surface area (Å²) < 4.78 is 0. The first-order valence-corrected chi connectivity index (χ1v) is 6.89. The summed E-state index contributed by atoms with van der Waals surface area (Å²) in [6, 6.07) is 9.48. The van der Waals surface area contributed by atoms with Crippen molar-refractivity contribution in [3.63, 3.8) is 0 Å². The Hall–Kier alpha value is -1.15. The lowest BCUT2D eigenvalue weighted by atomic mass is 9.90. The average Bonchev–Trinajstić information content (AvgIpc) is 2.37. The summed E-state index contributed by atoms with van der Waals surface area (Å²) >= 11 is 0. The Morgan fingerprint density at radius 3 is 2.39 bits per heavy atom. The Kier molecular flexibility index (Phi) is 6.66. The third-order valence-electron chi connectivity index (χ3n) is 3.26. The zero-order valence-corrected chi connectivity index (χ0v) is 11.4. The molecule has 0 radical (unpaired) electrons. The Labute approximate surface area is 110 Å². The van der Waals surface area contributed by atoms with Crippen LogP contribution in [-0.2, 0) is 0 Å². The summed E-state index contributed by atoms with van der Waals surface area (Å²) in [5, 5.41) is 9.34. The van der Waals surface area contributed by atoms with Crippen LogP contribution in [0.15, 0.2) is 30.3 Å². The Bertz CT molecular complexity index is 343. The van der Waals surface area contributed by atoms with Gasteiger partial charge in [0.05, 0.1) is 6.10 Å². The van der Waals surface area contributed by atoms with Crippen molar-refractivity contribution in [1.82, 2.24) is 0 Å². The van der Waals surface area contributed by atoms with E-state index in [4.69, 9.17) is 0 Å². The first-order chi connectivity index (χ1) is 8.63. The summed E-state index contributed by atoms with van der Waals surface area (Å²) in [6.45, 7) is 3.95. The SMILES string of the molecule is CCCC(CCC(C)O)CC(=O)c1ccccc1. The molecule has 18 heavy (non-hydrogen) atoms. The normalized spacial score (nSPS) is 14.2. The number of Topliss-reactive ketones (excluding diaryl/α,β-unsaturated/α-hetero) is 1. The second-order valence-electron chi connectivity index (χ2n) is 5.07. The lowest BCUT2D eigenvalue weighted by molar-refractivity contribution is 0.0947. The van der Waals surface area contributed by atoms with Crippen molar-refractivity contribution in [2.75, 3.05) is 0 Å². The van der Waals surface area contributed by atoms with Gasteiger partial charge in [0.2, 0.25) is 0 Å². The molecule has 2 nitrogen and oxygen atoms in total. The van der Waals surface area contributed by atoms with Crippen LogP contribution in [0, 0.1) is 5.92 Å². The van der Waals surface area contributed by atoms with Gasteiger partial charge in [-0.25, -0.2) is 0 Å². The molecule has 0 amide bonds. The van der Waals surface area contributed by atoms with E-state index in [9.17, 15) is 9.90 Å². The standard InChI is InChI=1S/C16H24O2/c1-3-7-14(11-10-13(2)17)12-16(18)15-8-5-4-6-9-15/h4-6,8-9,13-14,17H,3,7,10-12H2,1-2H3. The summed E-state index contributed by atoms with van der Waals surface area (Å²) in [4.78, 5) is 12.1. The molecule has 0 saturated heterocycles. The van der Waals surface area contributed by atoms with Crippen LogP contribution in [0.3, 0.4) is 0 Å². The van der Waals surface area contributed by atoms with E-state index in [0.717, 1.165) is 31.2 Å². The quantitative estimate of drug-likeness (QED) is 0.710. The highest BCUT2D eigenvalue weighted by Gasteiger charge is 2.15. The van der Waals surface area contributed by atoms with Crippen LogP contribution >= 0.6 is 0 Å². The van der Waals surface area contributed by atoms with Crippen LogP contribution in [0.5, 0.6) is 0 Å². The third kappa shape index (κ3) is 5.46. The first kappa shape index (κ1) is 14.9. The largest absolute Gasteiger partial charge is 0.393 e. The van der Waals surface area contributed by atoms with Crippen LogP contribution in [-0.4, -0.2) is 17.0 Å². The van der Waals surface area contributed by atoms with E-state index in [1.807, 2.05) is 37.3 Å². The van der Waals surface area contributed by atoms with E-state index in [1.165, 1.54) is 0 Å². The number of hydrogen-bond donors (Lipinski definition) is 1. The Morgan fingerprint density at radius 1 is 1.17 bits per heavy atom. The van der Waals surface area contributed by atoms with Gasteiger partial charge in [-0.3, -0.25) is 4.79 Å². The lowest BCUT2D eigenvalue weighted by Crippen LogP contribution is -2.11. The average molecular weight is 248 g/mol. The molecule has 0 heterocycles. The van der Waals surface area contributed by atoms with E-state index in [2.05, 4.69) is 6.92 Å². The van der Waals surface area contributed by atoms with Gasteiger partial charge in [-0.1, -0.05) is 50.1 Å². The van der Waals surface area contributed by atoms with Crippen LogP contribution < -0.4 is 0 Å². The minimum atomic E-state index is -0.267. The van der Waals surface area contributed by atoms with Gasteiger partial charge in [-0.05, 0) is 25.7 Å². The van der Waals surface area contributed by atoms with Crippen LogP contribution in [0.2, 0.25) is 0 Å². The molecule has 0 aromatic heterocycles. The number of carbonyl (C=O) groups excluding carboxylic acids is 1. The molecule has 1 aromatic carbocycles. The highest BCUT2D eigenvalue weighted by molar-refractivity contribution is 5.96. The number of aliphatic hydroxyl groups is 1. The molecule has 100 valence electrons. The van der Waals surface area contributed by atoms with Crippen molar-refractivity contribution in [1.29, 1.82) is 0 Å². The molecule has 2 heteroatoms. The number of ketones is 1. The fraction of sp³-hybridized carbons (Fsp3) is 0.562. The zero-order valence-electron chi connectivity index (χ0n) is 11.4. The maximum atomic E-state index is 12.1. The van der Waals surface area contributed by atoms with Gasteiger partial charge in [0.25, 0.3) is 0 Å². The van der Waals surface area contributed by atoms with Gasteiger partial charge >= 0.3 is 0 Å². The molecule has 0 aliphatic carbocycles. The predicted octanol–water partition coefficient (Wildman–Crippen LogP) is 3.84. The molecule has 2 unspecified atom stereocenters. The van der Waals surface area contributed by atoms with Gasteiger partial charge in [-0.15, -0.1) is 0 Å². The van der Waals surface area contributed by atoms with Gasteiger partial charge < -0.3 is 5.11 Å². The second-order valence-corrected chi connectivity index (χ2v) is 5.07. The lowest BCUT2D eigenvalue weighted by Gasteiger charge is -2.16. The van der Waals surface area contributed by atoms with E-state index in [-0.39, 0.29) is 11.9 Å². The summed E-state index contributed by atoms with van der Waals surface area (Å²) in [5.74, 6) is 0.622. The summed E-state index contributed by atoms with van der Waals surface area (Å²) in [7, 11) is 0. The van der Waals surface area contributed by atoms with Crippen LogP contribution in [0.25, 0.3) is 0 Å². The summed E-state index contributed by atoms with van der Waals surface area (Å²) in [5.41, 5.74) is 0.802. The Balaban J connectivity index is 2.52. The molecule has 0 saturated carbocycles. The highest BCUT2D eigenvalue weighted by atomic mass is 16.3. The molecule has 2 atom stereocenters. The minimum absolute atomic E-state index is 0.222. The van der Waals surface area contributed by atoms with E-state index in [1.54, 1.807) is 0 Å². The molecule has 1 aromatic rings. The van der Waals surface area contributed by atoms with Crippen molar-refractivity contribution in [3.8, 4) is 0 Å². The zero-order chi connectivity index (χ0) is 13.4. The molecule has 1 rings (SSSR count). The van der Waals surface area contributed by atoms with Crippen molar-refractivity contribution >= 4 is 5.78 Å². The van der Waals surface area contributed by atoms with Gasteiger partial charge in [0.15, 0.2) is 5.78 Å². The molecule has 0 aliphatic rings. The molecular formula is C16H24O2. The maximum Gasteiger partial charge on any atom is 0.163 e. The number of benzene rings is 1. The molecule has 0 bridgehead atoms. The maximum absolute atomic E-state index is 12.1. The third-order valence-corrected chi connectivity index (χ3v) is 3.26. The first-order valence-electron chi connectivity index (χ1n) is 6.89. The van der Waals surface area contributed by atoms with Gasteiger partial charge in [0.1, 0.15) is 0 Å². The number of carbonyl (C=O) groups is 1. The predicted molar refractivity (Wildman–Crippen MR) is 74.7 cm³/mol. The number of aliphatic hydroxyl groups excluding tert-OH is 1. The fourth-order valence-electron chi connectivity index (χ4n) is 2.24. The van der Waals surface area contributed by atoms with Crippen LogP contribution in [0.1, 0.15) is 56.3 Å². The number of rotatable bonds is 8. The van der Waals surface area contributed by atoms with Crippen molar-refractivity contribution in [2.24, 2.45) is 5.92 Å². The molecule has 1 N–H and O–H groups in total. The van der Waals surface area contributed by atoms with Gasteiger partial charge in [0, 0.05) is 12.0 Å². The smallest absolute Gasteiger partial charge is 0.163 e. The van der Waals surface area contributed by atoms with Crippen molar-refractivity contribution in [3.05, 3.63) is 35.9 Å². The highest BCUT2D eigenvalue weighted by Crippen LogP contribution is 2.21. The molecule has 0 fully saturated rings. The van der Waals surface area contributed by atoms with Crippen molar-refractivity contribution < 1.29 is 9.90 Å². The molecule has 0 spiro atoms. The minimum Gasteiger partial charge on any atom is -0.393 e. The monoisotopic (exact) mass is 248 g/mol. The molecular weight excluding hydrogens is 224 g/mol. The second kappa shape index (κ2) is 8.04. The van der Waals surface area contributed by atoms with E-state index < -0.39 is 0 Å². The topological polar surface area (TPSA) is 37.3 Å². The summed E-state index contributed by atoms with van der Waals surface area (Å²) in [6.07, 6.45) is 4.20.